The third kappa shape index (κ3) is 0.890. The summed E-state index contributed by atoms with van der Waals surface area (Å²) in [4.78, 5) is 0. The fourth-order valence-corrected chi connectivity index (χ4v) is 0.567. The second-order valence-electron chi connectivity index (χ2n) is 1.64. The van der Waals surface area contributed by atoms with E-state index in [1.54, 1.807) is 0 Å². The molecule has 0 bridgehead atoms. The highest BCUT2D eigenvalue weighted by molar-refractivity contribution is 5.15. The van der Waals surface area contributed by atoms with Crippen LogP contribution in [0.5, 0.6) is 0 Å². The second-order valence-corrected chi connectivity index (χ2v) is 1.64. The Morgan fingerprint density at radius 1 is 1.70 bits per heavy atom. The molecule has 50 valence electrons. The van der Waals surface area contributed by atoms with Gasteiger partial charge in [-0.25, -0.2) is 0 Å². The molecule has 0 saturated heterocycles. The van der Waals surface area contributed by atoms with Gasteiger partial charge in [0.15, 0.2) is 12.3 Å². The van der Waals surface area contributed by atoms with Crippen molar-refractivity contribution >= 4 is 0 Å². The first-order valence-electron chi connectivity index (χ1n) is 2.53. The smallest absolute Gasteiger partial charge is 0.330 e. The Bertz CT molecular complexity index is 272. The zero-order valence-electron chi connectivity index (χ0n) is 4.91. The summed E-state index contributed by atoms with van der Waals surface area (Å²) in [6.45, 7) is 0. The molecule has 1 aromatic heterocycles. The number of hydrogen-bond acceptors (Lipinski definition) is 2. The van der Waals surface area contributed by atoms with Crippen LogP contribution < -0.4 is 4.73 Å². The van der Waals surface area contributed by atoms with Crippen molar-refractivity contribution in [2.24, 2.45) is 0 Å². The Labute approximate surface area is 56.5 Å². The van der Waals surface area contributed by atoms with Gasteiger partial charge in [0.2, 0.25) is 5.82 Å². The van der Waals surface area contributed by atoms with Gasteiger partial charge in [-0.05, 0) is 6.07 Å². The zero-order valence-corrected chi connectivity index (χ0v) is 4.91. The van der Waals surface area contributed by atoms with Crippen LogP contribution in [0.4, 0.5) is 4.39 Å². The summed E-state index contributed by atoms with van der Waals surface area (Å²) in [6.07, 6.45) is 1.07. The minimum Gasteiger partial charge on any atom is -0.618 e. The average Bonchev–Trinajstić information content (AvgIpc) is 1.88. The van der Waals surface area contributed by atoms with Gasteiger partial charge in [-0.3, -0.25) is 0 Å². The largest absolute Gasteiger partial charge is 0.618 e. The highest BCUT2D eigenvalue weighted by Crippen LogP contribution is 1.96. The number of aromatic nitrogens is 1. The van der Waals surface area contributed by atoms with E-state index in [9.17, 15) is 9.60 Å². The highest BCUT2D eigenvalue weighted by atomic mass is 19.1. The molecule has 1 heterocycles. The average molecular weight is 138 g/mol. The number of halogens is 1. The standard InChI is InChI=1S/C6H3FN2O/c7-5-2-1-3-9(10)6(5)4-8/h1-3H. The van der Waals surface area contributed by atoms with Crippen molar-refractivity contribution in [1.29, 1.82) is 5.26 Å². The molecule has 0 amide bonds. The maximum atomic E-state index is 12.4. The maximum Gasteiger partial charge on any atom is 0.330 e. The van der Waals surface area contributed by atoms with Gasteiger partial charge in [-0.15, -0.1) is 0 Å². The van der Waals surface area contributed by atoms with Gasteiger partial charge in [0.05, 0.1) is 0 Å². The number of rotatable bonds is 0. The van der Waals surface area contributed by atoms with Gasteiger partial charge >= 0.3 is 5.69 Å². The monoisotopic (exact) mass is 138 g/mol. The molecule has 0 aliphatic heterocycles. The third-order valence-corrected chi connectivity index (χ3v) is 1.02. The summed E-state index contributed by atoms with van der Waals surface area (Å²) in [5.74, 6) is -0.792. The second kappa shape index (κ2) is 2.31. The van der Waals surface area contributed by atoms with Gasteiger partial charge in [-0.1, -0.05) is 0 Å². The molecule has 0 aromatic carbocycles. The van der Waals surface area contributed by atoms with Crippen molar-refractivity contribution in [1.82, 2.24) is 0 Å². The highest BCUT2D eigenvalue weighted by Gasteiger charge is 2.08. The predicted octanol–water partition coefficient (Wildman–Crippen LogP) is 0.331. The molecule has 1 rings (SSSR count). The predicted molar refractivity (Wildman–Crippen MR) is 30.1 cm³/mol. The van der Waals surface area contributed by atoms with Crippen molar-refractivity contribution in [3.63, 3.8) is 0 Å². The van der Waals surface area contributed by atoms with Crippen molar-refractivity contribution in [3.05, 3.63) is 35.0 Å². The minimum absolute atomic E-state index is 0.190. The van der Waals surface area contributed by atoms with Crippen molar-refractivity contribution < 1.29 is 9.12 Å². The van der Waals surface area contributed by atoms with E-state index in [1.165, 1.54) is 12.1 Å². The Morgan fingerprint density at radius 3 is 2.80 bits per heavy atom. The lowest BCUT2D eigenvalue weighted by Crippen LogP contribution is -2.30. The topological polar surface area (TPSA) is 50.7 Å². The number of pyridine rings is 1. The van der Waals surface area contributed by atoms with Crippen LogP contribution >= 0.6 is 0 Å². The van der Waals surface area contributed by atoms with E-state index in [0.717, 1.165) is 12.3 Å². The molecule has 0 aliphatic rings. The van der Waals surface area contributed by atoms with Crippen LogP contribution in [0.15, 0.2) is 18.3 Å². The summed E-state index contributed by atoms with van der Waals surface area (Å²) in [5, 5.41) is 18.7. The van der Waals surface area contributed by atoms with E-state index < -0.39 is 11.5 Å². The fraction of sp³-hybridized carbons (Fsp3) is 0. The first-order valence-corrected chi connectivity index (χ1v) is 2.53. The fourth-order valence-electron chi connectivity index (χ4n) is 0.567. The lowest BCUT2D eigenvalue weighted by molar-refractivity contribution is -0.610. The summed E-state index contributed by atoms with van der Waals surface area (Å²) >= 11 is 0. The van der Waals surface area contributed by atoms with E-state index in [4.69, 9.17) is 5.26 Å². The van der Waals surface area contributed by atoms with Crippen LogP contribution in [-0.4, -0.2) is 0 Å². The van der Waals surface area contributed by atoms with Crippen LogP contribution in [0, 0.1) is 22.4 Å². The molecule has 0 atom stereocenters. The van der Waals surface area contributed by atoms with Gasteiger partial charge in [0.25, 0.3) is 0 Å². The molecule has 4 heteroatoms. The minimum atomic E-state index is -0.792. The van der Waals surface area contributed by atoms with Crippen LogP contribution in [-0.2, 0) is 0 Å². The van der Waals surface area contributed by atoms with E-state index in [2.05, 4.69) is 0 Å². The van der Waals surface area contributed by atoms with Crippen molar-refractivity contribution in [2.75, 3.05) is 0 Å². The Balaban J connectivity index is 3.34. The first-order chi connectivity index (χ1) is 4.75. The van der Waals surface area contributed by atoms with Gasteiger partial charge in [0, 0.05) is 6.07 Å². The normalized spacial score (nSPS) is 8.80. The van der Waals surface area contributed by atoms with Crippen LogP contribution in [0.3, 0.4) is 0 Å². The molecule has 0 saturated carbocycles. The molecular weight excluding hydrogens is 135 g/mol. The molecule has 0 N–H and O–H groups in total. The Kier molecular flexibility index (Phi) is 1.50. The zero-order chi connectivity index (χ0) is 7.56. The molecule has 3 nitrogen and oxygen atoms in total. The molecule has 0 unspecified atom stereocenters. The molecule has 1 aromatic rings. The van der Waals surface area contributed by atoms with Crippen LogP contribution in [0.2, 0.25) is 0 Å². The molecule has 10 heavy (non-hydrogen) atoms. The lowest BCUT2D eigenvalue weighted by Gasteiger charge is -1.95. The quantitative estimate of drug-likeness (QED) is 0.383. The molecule has 0 spiro atoms. The molecule has 0 aliphatic carbocycles. The molecule has 0 fully saturated rings. The third-order valence-electron chi connectivity index (χ3n) is 1.02. The van der Waals surface area contributed by atoms with Crippen LogP contribution in [0.25, 0.3) is 0 Å². The van der Waals surface area contributed by atoms with Gasteiger partial charge < -0.3 is 5.21 Å². The van der Waals surface area contributed by atoms with Gasteiger partial charge in [0.1, 0.15) is 0 Å². The Hall–Kier alpha value is -1.63. The SMILES string of the molecule is N#Cc1c(F)ccc[n+]1[O-]. The summed E-state index contributed by atoms with van der Waals surface area (Å²) in [6, 6.07) is 3.74. The number of hydrogen-bond donors (Lipinski definition) is 0. The van der Waals surface area contributed by atoms with E-state index in [-0.39, 0.29) is 4.73 Å². The summed E-state index contributed by atoms with van der Waals surface area (Å²) < 4.78 is 12.6. The number of nitriles is 1. The summed E-state index contributed by atoms with van der Waals surface area (Å²) in [5.41, 5.74) is -0.498. The van der Waals surface area contributed by atoms with Crippen molar-refractivity contribution in [3.8, 4) is 6.07 Å². The Morgan fingerprint density at radius 2 is 2.40 bits per heavy atom. The lowest BCUT2D eigenvalue weighted by atomic mass is 10.3. The first kappa shape index (κ1) is 6.49. The van der Waals surface area contributed by atoms with E-state index >= 15 is 0 Å². The maximum absolute atomic E-state index is 12.4. The molecule has 0 radical (unpaired) electrons. The van der Waals surface area contributed by atoms with Gasteiger partial charge in [-0.2, -0.15) is 14.4 Å². The molecular formula is C6H3FN2O. The van der Waals surface area contributed by atoms with Crippen LogP contribution in [0.1, 0.15) is 5.69 Å². The van der Waals surface area contributed by atoms with E-state index in [0.29, 0.717) is 0 Å². The summed E-state index contributed by atoms with van der Waals surface area (Å²) in [7, 11) is 0. The van der Waals surface area contributed by atoms with E-state index in [1.807, 2.05) is 0 Å². The van der Waals surface area contributed by atoms with Crippen molar-refractivity contribution in [2.45, 2.75) is 0 Å². The number of nitrogens with zero attached hydrogens (tertiary/aromatic N) is 2.